The van der Waals surface area contributed by atoms with Crippen LogP contribution in [-0.4, -0.2) is 41.3 Å². The van der Waals surface area contributed by atoms with Crippen LogP contribution in [0.2, 0.25) is 5.02 Å². The zero-order chi connectivity index (χ0) is 13.1. The van der Waals surface area contributed by atoms with Crippen LogP contribution in [-0.2, 0) is 0 Å². The Balaban J connectivity index is 2.08. The van der Waals surface area contributed by atoms with Gasteiger partial charge in [0.05, 0.1) is 6.04 Å². The topological polar surface area (TPSA) is 20.3 Å². The van der Waals surface area contributed by atoms with Crippen molar-refractivity contribution < 1.29 is 4.79 Å². The van der Waals surface area contributed by atoms with Crippen molar-refractivity contribution in [3.63, 3.8) is 0 Å². The second kappa shape index (κ2) is 6.09. The number of nitrogens with zero attached hydrogens (tertiary/aromatic N) is 1. The second-order valence-electron chi connectivity index (χ2n) is 4.73. The maximum atomic E-state index is 12.4. The minimum Gasteiger partial charge on any atom is -0.293 e. The highest BCUT2D eigenvalue weighted by Gasteiger charge is 2.27. The molecule has 0 spiro atoms. The first kappa shape index (κ1) is 13.9. The first-order valence-corrected chi connectivity index (χ1v) is 7.72. The van der Waals surface area contributed by atoms with E-state index in [0.717, 1.165) is 5.75 Å². The van der Waals surface area contributed by atoms with Crippen molar-refractivity contribution in [1.29, 1.82) is 0 Å². The van der Waals surface area contributed by atoms with Crippen molar-refractivity contribution in [2.75, 3.05) is 18.6 Å². The van der Waals surface area contributed by atoms with Crippen molar-refractivity contribution in [3.05, 3.63) is 34.9 Å². The largest absolute Gasteiger partial charge is 0.293 e. The number of thioether (sulfide) groups is 1. The summed E-state index contributed by atoms with van der Waals surface area (Å²) in [5, 5.41) is 0.618. The van der Waals surface area contributed by atoms with Crippen LogP contribution >= 0.6 is 23.4 Å². The van der Waals surface area contributed by atoms with Crippen molar-refractivity contribution in [1.82, 2.24) is 4.90 Å². The molecule has 4 heteroatoms. The molecule has 0 aromatic heterocycles. The molecule has 18 heavy (non-hydrogen) atoms. The smallest absolute Gasteiger partial charge is 0.179 e. The molecule has 2 atom stereocenters. The number of carbonyl (C=O) groups excluding carboxylic acids is 1. The third kappa shape index (κ3) is 3.08. The van der Waals surface area contributed by atoms with Gasteiger partial charge in [0, 0.05) is 22.4 Å². The molecule has 0 bridgehead atoms. The van der Waals surface area contributed by atoms with E-state index in [2.05, 4.69) is 4.90 Å². The highest BCUT2D eigenvalue weighted by atomic mass is 35.5. The zero-order valence-electron chi connectivity index (χ0n) is 10.7. The minimum atomic E-state index is -0.0906. The Morgan fingerprint density at radius 2 is 2.33 bits per heavy atom. The van der Waals surface area contributed by atoms with E-state index in [1.165, 1.54) is 12.2 Å². The van der Waals surface area contributed by atoms with Crippen LogP contribution in [0.15, 0.2) is 24.3 Å². The van der Waals surface area contributed by atoms with E-state index in [0.29, 0.717) is 16.6 Å². The SMILES string of the molecule is CC(C(=O)c1cccc(Cl)c1)N(C)C1CCSC1. The number of benzene rings is 1. The molecule has 2 unspecified atom stereocenters. The molecule has 2 nitrogen and oxygen atoms in total. The summed E-state index contributed by atoms with van der Waals surface area (Å²) in [7, 11) is 2.05. The molecule has 0 amide bonds. The Morgan fingerprint density at radius 1 is 1.56 bits per heavy atom. The Bertz CT molecular complexity index is 432. The number of halogens is 1. The number of hydrogen-bond acceptors (Lipinski definition) is 3. The van der Waals surface area contributed by atoms with Gasteiger partial charge in [-0.05, 0) is 38.3 Å². The molecule has 1 aromatic carbocycles. The van der Waals surface area contributed by atoms with Gasteiger partial charge in [-0.25, -0.2) is 0 Å². The van der Waals surface area contributed by atoms with Gasteiger partial charge in [-0.15, -0.1) is 0 Å². The Labute approximate surface area is 118 Å². The first-order chi connectivity index (χ1) is 8.59. The Hall–Kier alpha value is -0.510. The summed E-state index contributed by atoms with van der Waals surface area (Å²) >= 11 is 7.89. The van der Waals surface area contributed by atoms with Gasteiger partial charge in [-0.3, -0.25) is 9.69 Å². The van der Waals surface area contributed by atoms with Gasteiger partial charge in [0.2, 0.25) is 0 Å². The fourth-order valence-electron chi connectivity index (χ4n) is 2.23. The number of hydrogen-bond donors (Lipinski definition) is 0. The molecular formula is C14H18ClNOS. The summed E-state index contributed by atoms with van der Waals surface area (Å²) in [6.45, 7) is 1.98. The van der Waals surface area contributed by atoms with Crippen LogP contribution in [0.4, 0.5) is 0 Å². The number of ketones is 1. The lowest BCUT2D eigenvalue weighted by atomic mass is 10.0. The molecule has 1 aliphatic rings. The normalized spacial score (nSPS) is 21.2. The zero-order valence-corrected chi connectivity index (χ0v) is 12.3. The summed E-state index contributed by atoms with van der Waals surface area (Å²) < 4.78 is 0. The molecule has 0 saturated carbocycles. The lowest BCUT2D eigenvalue weighted by molar-refractivity contribution is 0.0830. The average molecular weight is 284 g/mol. The van der Waals surface area contributed by atoms with Crippen molar-refractivity contribution in [3.8, 4) is 0 Å². The molecule has 0 N–H and O–H groups in total. The molecule has 1 heterocycles. The average Bonchev–Trinajstić information content (AvgIpc) is 2.90. The van der Waals surface area contributed by atoms with Crippen molar-refractivity contribution in [2.45, 2.75) is 25.4 Å². The van der Waals surface area contributed by atoms with Crippen LogP contribution < -0.4 is 0 Å². The first-order valence-electron chi connectivity index (χ1n) is 6.19. The van der Waals surface area contributed by atoms with E-state index in [-0.39, 0.29) is 11.8 Å². The number of carbonyl (C=O) groups is 1. The molecule has 0 radical (unpaired) electrons. The van der Waals surface area contributed by atoms with Gasteiger partial charge in [0.25, 0.3) is 0 Å². The van der Waals surface area contributed by atoms with Crippen LogP contribution in [0.5, 0.6) is 0 Å². The minimum absolute atomic E-state index is 0.0906. The molecule has 1 aliphatic heterocycles. The quantitative estimate of drug-likeness (QED) is 0.791. The molecule has 1 aromatic rings. The van der Waals surface area contributed by atoms with Crippen LogP contribution in [0.3, 0.4) is 0 Å². The van der Waals surface area contributed by atoms with Gasteiger partial charge in [0.1, 0.15) is 0 Å². The standard InChI is InChI=1S/C14H18ClNOS/c1-10(16(2)13-6-7-18-9-13)14(17)11-4-3-5-12(15)8-11/h3-5,8,10,13H,6-7,9H2,1-2H3. The van der Waals surface area contributed by atoms with Crippen LogP contribution in [0.1, 0.15) is 23.7 Å². The van der Waals surface area contributed by atoms with E-state index < -0.39 is 0 Å². The third-order valence-electron chi connectivity index (χ3n) is 3.58. The number of rotatable bonds is 4. The van der Waals surface area contributed by atoms with E-state index in [1.54, 1.807) is 12.1 Å². The third-order valence-corrected chi connectivity index (χ3v) is 4.96. The van der Waals surface area contributed by atoms with Gasteiger partial charge in [-0.1, -0.05) is 23.7 Å². The molecule has 0 aliphatic carbocycles. The van der Waals surface area contributed by atoms with E-state index in [4.69, 9.17) is 11.6 Å². The van der Waals surface area contributed by atoms with Gasteiger partial charge in [0.15, 0.2) is 5.78 Å². The molecule has 1 fully saturated rings. The second-order valence-corrected chi connectivity index (χ2v) is 6.32. The summed E-state index contributed by atoms with van der Waals surface area (Å²) in [6.07, 6.45) is 1.17. The summed E-state index contributed by atoms with van der Waals surface area (Å²) in [5.74, 6) is 2.48. The fourth-order valence-corrected chi connectivity index (χ4v) is 3.70. The molecule has 2 rings (SSSR count). The summed E-state index contributed by atoms with van der Waals surface area (Å²) in [4.78, 5) is 14.6. The lowest BCUT2D eigenvalue weighted by Gasteiger charge is -2.29. The molecule has 98 valence electrons. The van der Waals surface area contributed by atoms with E-state index in [1.807, 2.05) is 37.9 Å². The summed E-state index contributed by atoms with van der Waals surface area (Å²) in [5.41, 5.74) is 0.701. The molecular weight excluding hydrogens is 266 g/mol. The Morgan fingerprint density at radius 3 is 2.94 bits per heavy atom. The van der Waals surface area contributed by atoms with Crippen LogP contribution in [0, 0.1) is 0 Å². The van der Waals surface area contributed by atoms with Gasteiger partial charge in [-0.2, -0.15) is 11.8 Å². The maximum Gasteiger partial charge on any atom is 0.179 e. The monoisotopic (exact) mass is 283 g/mol. The van der Waals surface area contributed by atoms with E-state index >= 15 is 0 Å². The Kier molecular flexibility index (Phi) is 4.71. The van der Waals surface area contributed by atoms with Crippen molar-refractivity contribution in [2.24, 2.45) is 0 Å². The van der Waals surface area contributed by atoms with Gasteiger partial charge >= 0.3 is 0 Å². The summed E-state index contributed by atoms with van der Waals surface area (Å²) in [6, 6.07) is 7.63. The van der Waals surface area contributed by atoms with Crippen molar-refractivity contribution >= 4 is 29.1 Å². The fraction of sp³-hybridized carbons (Fsp3) is 0.500. The lowest BCUT2D eigenvalue weighted by Crippen LogP contribution is -2.43. The van der Waals surface area contributed by atoms with E-state index in [9.17, 15) is 4.79 Å². The maximum absolute atomic E-state index is 12.4. The highest BCUT2D eigenvalue weighted by molar-refractivity contribution is 7.99. The predicted octanol–water partition coefficient (Wildman–Crippen LogP) is 3.35. The predicted molar refractivity (Wildman–Crippen MR) is 78.7 cm³/mol. The highest BCUT2D eigenvalue weighted by Crippen LogP contribution is 2.24. The molecule has 1 saturated heterocycles. The number of likely N-dealkylation sites (N-methyl/N-ethyl adjacent to an activating group) is 1. The number of Topliss-reactive ketones (excluding diaryl/α,β-unsaturated/α-hetero) is 1. The van der Waals surface area contributed by atoms with Gasteiger partial charge < -0.3 is 0 Å². The van der Waals surface area contributed by atoms with Crippen LogP contribution in [0.25, 0.3) is 0 Å².